The van der Waals surface area contributed by atoms with Crippen LogP contribution in [0.1, 0.15) is 22.4 Å². The van der Waals surface area contributed by atoms with Gasteiger partial charge in [0.15, 0.2) is 5.43 Å². The number of nitrogens with one attached hydrogen (secondary N) is 2. The van der Waals surface area contributed by atoms with Gasteiger partial charge in [0, 0.05) is 41.1 Å². The van der Waals surface area contributed by atoms with Crippen LogP contribution in [-0.4, -0.2) is 9.97 Å². The summed E-state index contributed by atoms with van der Waals surface area (Å²) in [7, 11) is 0. The first-order valence-corrected chi connectivity index (χ1v) is 6.23. The van der Waals surface area contributed by atoms with Crippen LogP contribution >= 0.6 is 0 Å². The van der Waals surface area contributed by atoms with Crippen molar-refractivity contribution in [3.8, 4) is 0 Å². The van der Waals surface area contributed by atoms with Crippen molar-refractivity contribution in [2.75, 3.05) is 5.32 Å². The fourth-order valence-electron chi connectivity index (χ4n) is 1.94. The van der Waals surface area contributed by atoms with Crippen LogP contribution < -0.4 is 10.7 Å². The maximum Gasteiger partial charge on any atom is 0.419 e. The Morgan fingerprint density at radius 2 is 2.05 bits per heavy atom. The first-order chi connectivity index (χ1) is 9.80. The van der Waals surface area contributed by atoms with Gasteiger partial charge in [0.2, 0.25) is 0 Å². The van der Waals surface area contributed by atoms with E-state index in [9.17, 15) is 18.0 Å². The molecule has 2 heterocycles. The summed E-state index contributed by atoms with van der Waals surface area (Å²) in [5.74, 6) is 0. The van der Waals surface area contributed by atoms with Crippen molar-refractivity contribution < 1.29 is 13.2 Å². The van der Waals surface area contributed by atoms with Crippen molar-refractivity contribution in [3.05, 3.63) is 57.3 Å². The molecule has 0 fully saturated rings. The minimum Gasteiger partial charge on any atom is -0.379 e. The van der Waals surface area contributed by atoms with Gasteiger partial charge in [-0.3, -0.25) is 9.78 Å². The number of rotatable bonds is 3. The van der Waals surface area contributed by atoms with E-state index in [1.807, 2.05) is 0 Å². The Kier molecular flexibility index (Phi) is 4.02. The molecule has 2 rings (SSSR count). The highest BCUT2D eigenvalue weighted by molar-refractivity contribution is 5.51. The molecule has 4 nitrogen and oxygen atoms in total. The van der Waals surface area contributed by atoms with Crippen LogP contribution in [0.2, 0.25) is 0 Å². The quantitative estimate of drug-likeness (QED) is 0.915. The number of alkyl halides is 3. The molecular formula is C14H14F3N3O. The minimum absolute atomic E-state index is 0.0710. The number of halogens is 3. The molecule has 0 radical (unpaired) electrons. The Morgan fingerprint density at radius 3 is 2.71 bits per heavy atom. The molecule has 0 unspecified atom stereocenters. The predicted molar refractivity (Wildman–Crippen MR) is 73.1 cm³/mol. The number of H-pyrrole nitrogens is 1. The van der Waals surface area contributed by atoms with Gasteiger partial charge >= 0.3 is 6.18 Å². The fraction of sp³-hybridized carbons (Fsp3) is 0.286. The van der Waals surface area contributed by atoms with Gasteiger partial charge < -0.3 is 10.3 Å². The van der Waals surface area contributed by atoms with E-state index in [2.05, 4.69) is 15.3 Å². The van der Waals surface area contributed by atoms with Gasteiger partial charge in [0.05, 0.1) is 12.1 Å². The summed E-state index contributed by atoms with van der Waals surface area (Å²) in [6, 6.07) is 1.25. The Balaban J connectivity index is 2.26. The summed E-state index contributed by atoms with van der Waals surface area (Å²) in [5, 5.41) is 2.69. The van der Waals surface area contributed by atoms with Gasteiger partial charge in [-0.2, -0.15) is 13.2 Å². The van der Waals surface area contributed by atoms with Crippen LogP contribution in [-0.2, 0) is 12.7 Å². The second-order valence-corrected chi connectivity index (χ2v) is 4.68. The largest absolute Gasteiger partial charge is 0.419 e. The van der Waals surface area contributed by atoms with E-state index in [1.165, 1.54) is 12.3 Å². The molecule has 21 heavy (non-hydrogen) atoms. The van der Waals surface area contributed by atoms with Crippen LogP contribution in [0.25, 0.3) is 0 Å². The fourth-order valence-corrected chi connectivity index (χ4v) is 1.94. The zero-order valence-corrected chi connectivity index (χ0v) is 11.5. The number of nitrogens with zero attached hydrogens (tertiary/aromatic N) is 1. The molecule has 2 aromatic rings. The van der Waals surface area contributed by atoms with E-state index < -0.39 is 11.7 Å². The third-order valence-electron chi connectivity index (χ3n) is 3.20. The molecule has 112 valence electrons. The van der Waals surface area contributed by atoms with Crippen LogP contribution in [0.5, 0.6) is 0 Å². The first kappa shape index (κ1) is 15.1. The van der Waals surface area contributed by atoms with Crippen molar-refractivity contribution >= 4 is 5.69 Å². The Bertz CT molecular complexity index is 707. The molecule has 0 aliphatic rings. The molecule has 0 saturated heterocycles. The van der Waals surface area contributed by atoms with E-state index in [-0.39, 0.29) is 17.7 Å². The number of hydrogen-bond acceptors (Lipinski definition) is 3. The van der Waals surface area contributed by atoms with E-state index in [4.69, 9.17) is 0 Å². The number of anilines is 1. The summed E-state index contributed by atoms with van der Waals surface area (Å²) < 4.78 is 38.5. The van der Waals surface area contributed by atoms with Gasteiger partial charge in [-0.1, -0.05) is 0 Å². The zero-order valence-electron chi connectivity index (χ0n) is 11.5. The van der Waals surface area contributed by atoms with E-state index in [0.717, 1.165) is 6.20 Å². The lowest BCUT2D eigenvalue weighted by molar-refractivity contribution is -0.137. The van der Waals surface area contributed by atoms with E-state index >= 15 is 0 Å². The number of pyridine rings is 2. The lowest BCUT2D eigenvalue weighted by Crippen LogP contribution is -2.17. The number of aryl methyl sites for hydroxylation is 1. The Labute approximate surface area is 119 Å². The summed E-state index contributed by atoms with van der Waals surface area (Å²) in [4.78, 5) is 18.2. The van der Waals surface area contributed by atoms with Crippen molar-refractivity contribution in [3.63, 3.8) is 0 Å². The molecule has 0 aliphatic carbocycles. The zero-order chi connectivity index (χ0) is 15.6. The Hall–Kier alpha value is -2.31. The summed E-state index contributed by atoms with van der Waals surface area (Å²) >= 11 is 0. The average molecular weight is 297 g/mol. The van der Waals surface area contributed by atoms with Crippen molar-refractivity contribution in [1.82, 2.24) is 9.97 Å². The molecule has 0 saturated carbocycles. The molecule has 0 atom stereocenters. The van der Waals surface area contributed by atoms with Crippen LogP contribution in [0.3, 0.4) is 0 Å². The average Bonchev–Trinajstić information content (AvgIpc) is 2.43. The van der Waals surface area contributed by atoms with Crippen molar-refractivity contribution in [1.29, 1.82) is 0 Å². The minimum atomic E-state index is -4.48. The SMILES string of the molecule is Cc1c[nH]c(CNc2ccncc2C(F)(F)F)c(C)c1=O. The van der Waals surface area contributed by atoms with Crippen molar-refractivity contribution in [2.24, 2.45) is 0 Å². The molecule has 0 bridgehead atoms. The highest BCUT2D eigenvalue weighted by Crippen LogP contribution is 2.34. The van der Waals surface area contributed by atoms with Gasteiger partial charge in [0.25, 0.3) is 0 Å². The molecule has 2 N–H and O–H groups in total. The summed E-state index contributed by atoms with van der Waals surface area (Å²) in [6.45, 7) is 3.40. The van der Waals surface area contributed by atoms with Gasteiger partial charge in [-0.05, 0) is 19.9 Å². The van der Waals surface area contributed by atoms with Gasteiger partial charge in [-0.15, -0.1) is 0 Å². The van der Waals surface area contributed by atoms with E-state index in [0.29, 0.717) is 16.8 Å². The highest BCUT2D eigenvalue weighted by Gasteiger charge is 2.33. The lowest BCUT2D eigenvalue weighted by atomic mass is 10.1. The third-order valence-corrected chi connectivity index (χ3v) is 3.20. The maximum atomic E-state index is 12.8. The molecule has 7 heteroatoms. The Morgan fingerprint density at radius 1 is 1.33 bits per heavy atom. The summed E-state index contributed by atoms with van der Waals surface area (Å²) in [5.41, 5.74) is 0.587. The number of aromatic amines is 1. The molecule has 0 aliphatic heterocycles. The van der Waals surface area contributed by atoms with E-state index in [1.54, 1.807) is 20.0 Å². The molecule has 2 aromatic heterocycles. The standard InChI is InChI=1S/C14H14F3N3O/c1-8-5-19-12(9(2)13(8)21)7-20-11-3-4-18-6-10(11)14(15,16)17/h3-6H,7H2,1-2H3,(H,18,20)(H,19,21). The molecule has 0 aromatic carbocycles. The maximum absolute atomic E-state index is 12.8. The summed E-state index contributed by atoms with van der Waals surface area (Å²) in [6.07, 6.45) is -0.884. The molecule has 0 amide bonds. The number of hydrogen-bond donors (Lipinski definition) is 2. The monoisotopic (exact) mass is 297 g/mol. The lowest BCUT2D eigenvalue weighted by Gasteiger charge is -2.14. The van der Waals surface area contributed by atoms with Crippen molar-refractivity contribution in [2.45, 2.75) is 26.6 Å². The first-order valence-electron chi connectivity index (χ1n) is 6.23. The normalized spacial score (nSPS) is 11.5. The highest BCUT2D eigenvalue weighted by atomic mass is 19.4. The molecule has 0 spiro atoms. The third kappa shape index (κ3) is 3.24. The van der Waals surface area contributed by atoms with Crippen LogP contribution in [0, 0.1) is 13.8 Å². The second-order valence-electron chi connectivity index (χ2n) is 4.68. The number of aromatic nitrogens is 2. The predicted octanol–water partition coefficient (Wildman–Crippen LogP) is 3.02. The van der Waals surface area contributed by atoms with Crippen LogP contribution in [0.15, 0.2) is 29.5 Å². The van der Waals surface area contributed by atoms with Gasteiger partial charge in [-0.25, -0.2) is 0 Å². The smallest absolute Gasteiger partial charge is 0.379 e. The molecular weight excluding hydrogens is 283 g/mol. The van der Waals surface area contributed by atoms with Gasteiger partial charge in [0.1, 0.15) is 0 Å². The topological polar surface area (TPSA) is 57.8 Å². The van der Waals surface area contributed by atoms with Crippen LogP contribution in [0.4, 0.5) is 18.9 Å². The second kappa shape index (κ2) is 5.59.